The molecule has 5 aromatic rings. The van der Waals surface area contributed by atoms with E-state index in [9.17, 15) is 0 Å². The summed E-state index contributed by atoms with van der Waals surface area (Å²) >= 11 is 12.3. The maximum absolute atomic E-state index is 6.17. The minimum Gasteiger partial charge on any atom is -0.246 e. The third-order valence-corrected chi connectivity index (χ3v) is 5.71. The van der Waals surface area contributed by atoms with Crippen LogP contribution in [0, 0.1) is 0 Å². The Balaban J connectivity index is 1.90. The number of hydrogen-bond donors (Lipinski definition) is 0. The number of rotatable bonds is 3. The highest BCUT2D eigenvalue weighted by Crippen LogP contribution is 2.41. The Labute approximate surface area is 185 Å². The third-order valence-electron chi connectivity index (χ3n) is 5.21. The molecule has 5 rings (SSSR count). The van der Waals surface area contributed by atoms with Gasteiger partial charge in [-0.1, -0.05) is 102 Å². The molecule has 0 radical (unpaired) electrons. The number of halogens is 2. The average molecular weight is 426 g/mol. The summed E-state index contributed by atoms with van der Waals surface area (Å²) in [5.74, 6) is 0. The fourth-order valence-electron chi connectivity index (χ4n) is 3.80. The van der Waals surface area contributed by atoms with Crippen LogP contribution in [0.4, 0.5) is 0 Å². The Morgan fingerprint density at radius 2 is 0.933 bits per heavy atom. The molecule has 0 bridgehead atoms. The Morgan fingerprint density at radius 1 is 0.433 bits per heavy atom. The summed E-state index contributed by atoms with van der Waals surface area (Å²) in [5, 5.41) is 3.69. The highest BCUT2D eigenvalue weighted by molar-refractivity contribution is 6.31. The summed E-state index contributed by atoms with van der Waals surface area (Å²) in [4.78, 5) is 5.19. The van der Waals surface area contributed by atoms with Crippen molar-refractivity contribution >= 4 is 34.0 Å². The summed E-state index contributed by atoms with van der Waals surface area (Å²) < 4.78 is 0. The van der Waals surface area contributed by atoms with Crippen molar-refractivity contribution in [1.29, 1.82) is 0 Å². The van der Waals surface area contributed by atoms with Crippen LogP contribution in [0.5, 0.6) is 0 Å². The summed E-state index contributed by atoms with van der Waals surface area (Å²) in [5.41, 5.74) is 6.16. The molecule has 0 aliphatic rings. The molecule has 0 unspecified atom stereocenters. The highest BCUT2D eigenvalue weighted by atomic mass is 35.5. The molecular weight excluding hydrogens is 409 g/mol. The maximum atomic E-state index is 6.17. The molecule has 4 aromatic carbocycles. The summed E-state index contributed by atoms with van der Waals surface area (Å²) in [6.45, 7) is 0. The van der Waals surface area contributed by atoms with Gasteiger partial charge in [-0.05, 0) is 35.2 Å². The zero-order valence-corrected chi connectivity index (χ0v) is 17.5. The predicted octanol–water partition coefficient (Wildman–Crippen LogP) is 8.54. The van der Waals surface area contributed by atoms with Crippen molar-refractivity contribution < 1.29 is 0 Å². The lowest BCUT2D eigenvalue weighted by Crippen LogP contribution is -1.96. The second kappa shape index (κ2) is 7.95. The first-order valence-electron chi connectivity index (χ1n) is 9.71. The van der Waals surface area contributed by atoms with Crippen LogP contribution in [-0.4, -0.2) is 4.98 Å². The van der Waals surface area contributed by atoms with Gasteiger partial charge in [0.15, 0.2) is 0 Å². The van der Waals surface area contributed by atoms with E-state index in [0.717, 1.165) is 44.4 Å². The molecule has 0 saturated heterocycles. The molecule has 144 valence electrons. The number of hydrogen-bond acceptors (Lipinski definition) is 1. The van der Waals surface area contributed by atoms with Crippen molar-refractivity contribution in [1.82, 2.24) is 4.98 Å². The molecule has 0 N–H and O–H groups in total. The second-order valence-corrected chi connectivity index (χ2v) is 7.98. The molecule has 1 heterocycles. The van der Waals surface area contributed by atoms with E-state index in [4.69, 9.17) is 28.2 Å². The number of benzene rings is 4. The van der Waals surface area contributed by atoms with Crippen molar-refractivity contribution in [2.75, 3.05) is 0 Å². The van der Waals surface area contributed by atoms with Crippen molar-refractivity contribution in [2.45, 2.75) is 0 Å². The van der Waals surface area contributed by atoms with Gasteiger partial charge in [-0.25, -0.2) is 4.98 Å². The van der Waals surface area contributed by atoms with E-state index in [1.807, 2.05) is 66.7 Å². The molecule has 30 heavy (non-hydrogen) atoms. The van der Waals surface area contributed by atoms with E-state index in [0.29, 0.717) is 10.0 Å². The van der Waals surface area contributed by atoms with Crippen molar-refractivity contribution in [3.63, 3.8) is 0 Å². The van der Waals surface area contributed by atoms with Gasteiger partial charge in [0.2, 0.25) is 0 Å². The van der Waals surface area contributed by atoms with Crippen LogP contribution < -0.4 is 0 Å². The van der Waals surface area contributed by atoms with E-state index in [2.05, 4.69) is 36.4 Å². The Bertz CT molecular complexity index is 1330. The minimum atomic E-state index is 0.705. The van der Waals surface area contributed by atoms with E-state index in [1.165, 1.54) is 0 Å². The zero-order chi connectivity index (χ0) is 20.5. The summed E-state index contributed by atoms with van der Waals surface area (Å²) in [6, 6.07) is 34.5. The smallest absolute Gasteiger partial charge is 0.0794 e. The van der Waals surface area contributed by atoms with Gasteiger partial charge < -0.3 is 0 Å². The quantitative estimate of drug-likeness (QED) is 0.282. The Morgan fingerprint density at radius 3 is 1.57 bits per heavy atom. The lowest BCUT2D eigenvalue weighted by atomic mass is 9.91. The SMILES string of the molecule is Clc1ccc(-c2nc(-c3ccccc3)c3ccccc3c2-c2ccc(Cl)cc2)cc1. The summed E-state index contributed by atoms with van der Waals surface area (Å²) in [6.07, 6.45) is 0. The first-order valence-corrected chi connectivity index (χ1v) is 10.5. The van der Waals surface area contributed by atoms with Crippen LogP contribution in [0.2, 0.25) is 10.0 Å². The molecular formula is C27H17Cl2N. The Kier molecular flexibility index (Phi) is 5.00. The molecule has 0 aliphatic carbocycles. The van der Waals surface area contributed by atoms with Gasteiger partial charge in [0.25, 0.3) is 0 Å². The molecule has 1 aromatic heterocycles. The van der Waals surface area contributed by atoms with Crippen LogP contribution in [0.15, 0.2) is 103 Å². The fraction of sp³-hybridized carbons (Fsp3) is 0. The van der Waals surface area contributed by atoms with Gasteiger partial charge in [0.1, 0.15) is 0 Å². The standard InChI is InChI=1S/C27H17Cl2N/c28-21-14-10-18(11-15-21)25-23-8-4-5-9-24(23)26(19-6-2-1-3-7-19)30-27(25)20-12-16-22(29)17-13-20/h1-17H. The zero-order valence-electron chi connectivity index (χ0n) is 16.0. The van der Waals surface area contributed by atoms with Crippen LogP contribution in [0.1, 0.15) is 0 Å². The normalized spacial score (nSPS) is 11.0. The molecule has 0 spiro atoms. The Hall–Kier alpha value is -3.13. The lowest BCUT2D eigenvalue weighted by molar-refractivity contribution is 1.35. The van der Waals surface area contributed by atoms with Crippen molar-refractivity contribution in [3.8, 4) is 33.6 Å². The van der Waals surface area contributed by atoms with Crippen LogP contribution in [0.25, 0.3) is 44.4 Å². The van der Waals surface area contributed by atoms with Gasteiger partial charge in [-0.3, -0.25) is 0 Å². The van der Waals surface area contributed by atoms with Crippen molar-refractivity contribution in [3.05, 3.63) is 113 Å². The minimum absolute atomic E-state index is 0.705. The first kappa shape index (κ1) is 18.9. The highest BCUT2D eigenvalue weighted by Gasteiger charge is 2.17. The molecule has 0 amide bonds. The second-order valence-electron chi connectivity index (χ2n) is 7.11. The number of nitrogens with zero attached hydrogens (tertiary/aromatic N) is 1. The first-order chi connectivity index (χ1) is 14.7. The summed E-state index contributed by atoms with van der Waals surface area (Å²) in [7, 11) is 0. The number of pyridine rings is 1. The molecule has 0 saturated carbocycles. The van der Waals surface area contributed by atoms with Crippen LogP contribution in [0.3, 0.4) is 0 Å². The maximum Gasteiger partial charge on any atom is 0.0794 e. The fourth-order valence-corrected chi connectivity index (χ4v) is 4.06. The molecule has 0 atom stereocenters. The molecule has 3 heteroatoms. The van der Waals surface area contributed by atoms with Gasteiger partial charge in [-0.2, -0.15) is 0 Å². The van der Waals surface area contributed by atoms with Crippen LogP contribution in [-0.2, 0) is 0 Å². The van der Waals surface area contributed by atoms with Gasteiger partial charge in [-0.15, -0.1) is 0 Å². The van der Waals surface area contributed by atoms with Gasteiger partial charge in [0, 0.05) is 32.1 Å². The topological polar surface area (TPSA) is 12.9 Å². The van der Waals surface area contributed by atoms with Crippen LogP contribution >= 0.6 is 23.2 Å². The van der Waals surface area contributed by atoms with E-state index in [-0.39, 0.29) is 0 Å². The van der Waals surface area contributed by atoms with Crippen molar-refractivity contribution in [2.24, 2.45) is 0 Å². The number of aromatic nitrogens is 1. The van der Waals surface area contributed by atoms with E-state index in [1.54, 1.807) is 0 Å². The molecule has 0 fully saturated rings. The average Bonchev–Trinajstić information content (AvgIpc) is 2.80. The van der Waals surface area contributed by atoms with E-state index >= 15 is 0 Å². The van der Waals surface area contributed by atoms with Gasteiger partial charge in [0.05, 0.1) is 11.4 Å². The monoisotopic (exact) mass is 425 g/mol. The van der Waals surface area contributed by atoms with E-state index < -0.39 is 0 Å². The number of fused-ring (bicyclic) bond motifs is 1. The predicted molar refractivity (Wildman–Crippen MR) is 128 cm³/mol. The molecule has 0 aliphatic heterocycles. The largest absolute Gasteiger partial charge is 0.246 e. The third kappa shape index (κ3) is 3.47. The molecule has 1 nitrogen and oxygen atoms in total. The van der Waals surface area contributed by atoms with Gasteiger partial charge >= 0.3 is 0 Å². The lowest BCUT2D eigenvalue weighted by Gasteiger charge is -2.17.